The van der Waals surface area contributed by atoms with Crippen LogP contribution < -0.4 is 10.1 Å². The first-order chi connectivity index (χ1) is 9.58. The number of nitrogens with zero attached hydrogens (tertiary/aromatic N) is 1. The molecule has 20 heavy (non-hydrogen) atoms. The molecule has 1 heterocycles. The molecule has 1 N–H and O–H groups in total. The van der Waals surface area contributed by atoms with Gasteiger partial charge in [-0.2, -0.15) is 0 Å². The molecule has 1 aromatic rings. The molecule has 0 saturated carbocycles. The van der Waals surface area contributed by atoms with Crippen molar-refractivity contribution in [2.24, 2.45) is 0 Å². The lowest BCUT2D eigenvalue weighted by molar-refractivity contribution is -0.132. The van der Waals surface area contributed by atoms with Crippen LogP contribution in [0.5, 0.6) is 5.75 Å². The molecular formula is C13H15Cl3N2O2. The third-order valence-corrected chi connectivity index (χ3v) is 4.04. The van der Waals surface area contributed by atoms with Gasteiger partial charge in [-0.05, 0) is 6.07 Å². The maximum atomic E-state index is 11.9. The van der Waals surface area contributed by atoms with Crippen molar-refractivity contribution in [2.45, 2.75) is 6.42 Å². The van der Waals surface area contributed by atoms with Gasteiger partial charge in [0.25, 0.3) is 0 Å². The number of hydrogen-bond acceptors (Lipinski definition) is 3. The van der Waals surface area contributed by atoms with Gasteiger partial charge in [0.2, 0.25) is 5.91 Å². The van der Waals surface area contributed by atoms with E-state index in [9.17, 15) is 4.79 Å². The van der Waals surface area contributed by atoms with Gasteiger partial charge in [-0.25, -0.2) is 0 Å². The van der Waals surface area contributed by atoms with Crippen molar-refractivity contribution >= 4 is 40.7 Å². The first-order valence-corrected chi connectivity index (χ1v) is 7.47. The van der Waals surface area contributed by atoms with Gasteiger partial charge in [0.15, 0.2) is 0 Å². The smallest absolute Gasteiger partial charge is 0.226 e. The number of nitrogens with one attached hydrogen (secondary N) is 1. The Morgan fingerprint density at radius 1 is 1.15 bits per heavy atom. The van der Waals surface area contributed by atoms with Crippen molar-refractivity contribution in [3.05, 3.63) is 27.2 Å². The molecule has 0 aromatic heterocycles. The monoisotopic (exact) mass is 336 g/mol. The third kappa shape index (κ3) is 4.16. The zero-order valence-electron chi connectivity index (χ0n) is 10.8. The molecular weight excluding hydrogens is 323 g/mol. The second kappa shape index (κ2) is 7.36. The van der Waals surface area contributed by atoms with Gasteiger partial charge in [0, 0.05) is 32.2 Å². The summed E-state index contributed by atoms with van der Waals surface area (Å²) in [7, 11) is 0. The first-order valence-electron chi connectivity index (χ1n) is 6.34. The zero-order chi connectivity index (χ0) is 14.5. The molecule has 110 valence electrons. The van der Waals surface area contributed by atoms with Gasteiger partial charge >= 0.3 is 0 Å². The maximum absolute atomic E-state index is 11.9. The number of piperazine rings is 1. The van der Waals surface area contributed by atoms with E-state index in [-0.39, 0.29) is 12.5 Å². The minimum Gasteiger partial charge on any atom is -0.491 e. The van der Waals surface area contributed by atoms with Crippen LogP contribution in [0.1, 0.15) is 6.42 Å². The average molecular weight is 338 g/mol. The Balaban J connectivity index is 1.83. The molecule has 1 saturated heterocycles. The molecule has 0 atom stereocenters. The summed E-state index contributed by atoms with van der Waals surface area (Å²) in [6.45, 7) is 3.43. The second-order valence-electron chi connectivity index (χ2n) is 4.43. The number of hydrogen-bond donors (Lipinski definition) is 1. The van der Waals surface area contributed by atoms with Crippen molar-refractivity contribution in [2.75, 3.05) is 32.8 Å². The normalized spacial score (nSPS) is 15.2. The minimum atomic E-state index is 0.0858. The summed E-state index contributed by atoms with van der Waals surface area (Å²) >= 11 is 17.7. The Bertz CT molecular complexity index is 491. The van der Waals surface area contributed by atoms with Crippen molar-refractivity contribution < 1.29 is 9.53 Å². The predicted octanol–water partition coefficient (Wildman–Crippen LogP) is 2.85. The highest BCUT2D eigenvalue weighted by molar-refractivity contribution is 6.43. The highest BCUT2D eigenvalue weighted by Gasteiger charge is 2.16. The van der Waals surface area contributed by atoms with Crippen molar-refractivity contribution in [3.63, 3.8) is 0 Å². The molecule has 1 aliphatic rings. The van der Waals surface area contributed by atoms with Crippen LogP contribution in [0, 0.1) is 0 Å². The van der Waals surface area contributed by atoms with E-state index >= 15 is 0 Å². The summed E-state index contributed by atoms with van der Waals surface area (Å²) in [6.07, 6.45) is 0.316. The highest BCUT2D eigenvalue weighted by atomic mass is 35.5. The molecule has 0 radical (unpaired) electrons. The van der Waals surface area contributed by atoms with Gasteiger partial charge in [-0.1, -0.05) is 34.8 Å². The highest BCUT2D eigenvalue weighted by Crippen LogP contribution is 2.33. The Hall–Kier alpha value is -0.680. The molecule has 1 amide bonds. The van der Waals surface area contributed by atoms with E-state index in [1.165, 1.54) is 6.07 Å². The van der Waals surface area contributed by atoms with Crippen LogP contribution in [0.2, 0.25) is 15.1 Å². The lowest BCUT2D eigenvalue weighted by Gasteiger charge is -2.27. The molecule has 0 bridgehead atoms. The molecule has 1 fully saturated rings. The van der Waals surface area contributed by atoms with Crippen molar-refractivity contribution in [1.29, 1.82) is 0 Å². The topological polar surface area (TPSA) is 41.6 Å². The molecule has 0 unspecified atom stereocenters. The van der Waals surface area contributed by atoms with Gasteiger partial charge in [-0.3, -0.25) is 4.79 Å². The summed E-state index contributed by atoms with van der Waals surface area (Å²) in [5.41, 5.74) is 0. The molecule has 2 rings (SSSR count). The second-order valence-corrected chi connectivity index (χ2v) is 5.65. The van der Waals surface area contributed by atoms with Crippen LogP contribution in [0.15, 0.2) is 12.1 Å². The van der Waals surface area contributed by atoms with Crippen LogP contribution in [0.3, 0.4) is 0 Å². The number of benzene rings is 1. The van der Waals surface area contributed by atoms with Crippen LogP contribution >= 0.6 is 34.8 Å². The molecule has 1 aromatic carbocycles. The van der Waals surface area contributed by atoms with Gasteiger partial charge in [-0.15, -0.1) is 0 Å². The van der Waals surface area contributed by atoms with Gasteiger partial charge in [0.1, 0.15) is 5.75 Å². The predicted molar refractivity (Wildman–Crippen MR) is 81.0 cm³/mol. The van der Waals surface area contributed by atoms with E-state index in [2.05, 4.69) is 5.32 Å². The number of halogens is 3. The fraction of sp³-hybridized carbons (Fsp3) is 0.462. The summed E-state index contributed by atoms with van der Waals surface area (Å²) in [5.74, 6) is 0.525. The quantitative estimate of drug-likeness (QED) is 0.859. The van der Waals surface area contributed by atoms with Crippen molar-refractivity contribution in [3.8, 4) is 5.75 Å². The summed E-state index contributed by atoms with van der Waals surface area (Å²) in [6, 6.07) is 3.08. The van der Waals surface area contributed by atoms with Crippen LogP contribution in [-0.4, -0.2) is 43.6 Å². The Morgan fingerprint density at radius 2 is 1.80 bits per heavy atom. The van der Waals surface area contributed by atoms with Crippen LogP contribution in [-0.2, 0) is 4.79 Å². The molecule has 1 aliphatic heterocycles. The Labute approximate surface area is 132 Å². The number of amides is 1. The first kappa shape index (κ1) is 15.7. The van der Waals surface area contributed by atoms with E-state index < -0.39 is 0 Å². The lowest BCUT2D eigenvalue weighted by Crippen LogP contribution is -2.46. The molecule has 0 aliphatic carbocycles. The largest absolute Gasteiger partial charge is 0.491 e. The Morgan fingerprint density at radius 3 is 2.50 bits per heavy atom. The van der Waals surface area contributed by atoms with E-state index in [1.807, 2.05) is 4.90 Å². The number of carbonyl (C=O) groups is 1. The zero-order valence-corrected chi connectivity index (χ0v) is 13.1. The van der Waals surface area contributed by atoms with Gasteiger partial charge in [0.05, 0.1) is 28.1 Å². The Kier molecular flexibility index (Phi) is 5.78. The fourth-order valence-electron chi connectivity index (χ4n) is 1.94. The van der Waals surface area contributed by atoms with Crippen LogP contribution in [0.4, 0.5) is 0 Å². The lowest BCUT2D eigenvalue weighted by atomic mass is 10.3. The number of ether oxygens (including phenoxy) is 1. The van der Waals surface area contributed by atoms with E-state index in [1.54, 1.807) is 6.07 Å². The maximum Gasteiger partial charge on any atom is 0.226 e. The van der Waals surface area contributed by atoms with Gasteiger partial charge < -0.3 is 15.0 Å². The third-order valence-electron chi connectivity index (χ3n) is 3.02. The van der Waals surface area contributed by atoms with E-state index in [0.717, 1.165) is 26.2 Å². The van der Waals surface area contributed by atoms with E-state index in [0.29, 0.717) is 27.2 Å². The number of rotatable bonds is 4. The summed E-state index contributed by atoms with van der Waals surface area (Å²) in [5, 5.41) is 4.33. The minimum absolute atomic E-state index is 0.0858. The molecule has 7 heteroatoms. The van der Waals surface area contributed by atoms with Crippen LogP contribution in [0.25, 0.3) is 0 Å². The summed E-state index contributed by atoms with van der Waals surface area (Å²) < 4.78 is 5.50. The number of carbonyl (C=O) groups excluding carboxylic acids is 1. The average Bonchev–Trinajstić information content (AvgIpc) is 2.45. The SMILES string of the molecule is O=C(CCOc1cc(Cl)c(Cl)cc1Cl)N1CCNCC1. The van der Waals surface area contributed by atoms with Crippen molar-refractivity contribution in [1.82, 2.24) is 10.2 Å². The molecule has 0 spiro atoms. The van der Waals surface area contributed by atoms with E-state index in [4.69, 9.17) is 39.5 Å². The fourth-order valence-corrected chi connectivity index (χ4v) is 2.53. The standard InChI is InChI=1S/C13H15Cl3N2O2/c14-9-7-11(16)12(8-10(9)15)20-6-1-13(19)18-4-2-17-3-5-18/h7-8,17H,1-6H2. The molecule has 4 nitrogen and oxygen atoms in total. The summed E-state index contributed by atoms with van der Waals surface area (Å²) in [4.78, 5) is 13.8.